The highest BCUT2D eigenvalue weighted by molar-refractivity contribution is 7.89. The standard InChI is InChI=1S/C18H18ClN3O3S2/c1-22(27(24,25)14-8-6-13(19)7-9-14)12-17(23)20-11-10-18-21-15-4-2-3-5-16(15)26-18/h2-9H,10-12H2,1H3,(H,20,23). The van der Waals surface area contributed by atoms with Gasteiger partial charge in [-0.2, -0.15) is 4.31 Å². The molecule has 1 N–H and O–H groups in total. The van der Waals surface area contributed by atoms with Crippen LogP contribution in [-0.2, 0) is 21.2 Å². The molecule has 0 spiro atoms. The lowest BCUT2D eigenvalue weighted by Gasteiger charge is -2.16. The van der Waals surface area contributed by atoms with E-state index in [1.54, 1.807) is 11.3 Å². The summed E-state index contributed by atoms with van der Waals surface area (Å²) in [5, 5.41) is 4.12. The molecule has 0 fully saturated rings. The lowest BCUT2D eigenvalue weighted by molar-refractivity contribution is -0.121. The van der Waals surface area contributed by atoms with Crippen molar-refractivity contribution in [1.29, 1.82) is 0 Å². The van der Waals surface area contributed by atoms with Gasteiger partial charge < -0.3 is 5.32 Å². The molecule has 0 saturated carbocycles. The second-order valence-electron chi connectivity index (χ2n) is 5.89. The molecule has 0 aliphatic carbocycles. The van der Waals surface area contributed by atoms with Crippen LogP contribution < -0.4 is 5.32 Å². The lowest BCUT2D eigenvalue weighted by Crippen LogP contribution is -2.39. The Kier molecular flexibility index (Phi) is 6.11. The molecule has 27 heavy (non-hydrogen) atoms. The van der Waals surface area contributed by atoms with Crippen LogP contribution in [0.1, 0.15) is 5.01 Å². The summed E-state index contributed by atoms with van der Waals surface area (Å²) in [6, 6.07) is 13.7. The Bertz CT molecular complexity index is 1020. The smallest absolute Gasteiger partial charge is 0.243 e. The van der Waals surface area contributed by atoms with Gasteiger partial charge in [0.05, 0.1) is 26.7 Å². The molecule has 0 aliphatic heterocycles. The molecular formula is C18H18ClN3O3S2. The topological polar surface area (TPSA) is 79.4 Å². The number of nitrogens with zero attached hydrogens (tertiary/aromatic N) is 2. The predicted molar refractivity (Wildman–Crippen MR) is 108 cm³/mol. The van der Waals surface area contributed by atoms with Gasteiger partial charge in [-0.15, -0.1) is 11.3 Å². The normalized spacial score (nSPS) is 11.8. The van der Waals surface area contributed by atoms with Gasteiger partial charge in [0.25, 0.3) is 0 Å². The number of rotatable bonds is 7. The number of amides is 1. The number of likely N-dealkylation sites (N-methyl/N-ethyl adjacent to an activating group) is 1. The summed E-state index contributed by atoms with van der Waals surface area (Å²) in [6.07, 6.45) is 0.596. The summed E-state index contributed by atoms with van der Waals surface area (Å²) >= 11 is 7.37. The summed E-state index contributed by atoms with van der Waals surface area (Å²) in [5.74, 6) is -0.365. The van der Waals surface area contributed by atoms with Crippen LogP contribution in [0.25, 0.3) is 10.2 Å². The first-order valence-electron chi connectivity index (χ1n) is 8.19. The van der Waals surface area contributed by atoms with Crippen molar-refractivity contribution < 1.29 is 13.2 Å². The van der Waals surface area contributed by atoms with Crippen LogP contribution in [0.2, 0.25) is 5.02 Å². The number of hydrogen-bond donors (Lipinski definition) is 1. The molecule has 0 unspecified atom stereocenters. The van der Waals surface area contributed by atoms with Gasteiger partial charge in [0, 0.05) is 25.0 Å². The maximum Gasteiger partial charge on any atom is 0.243 e. The molecule has 142 valence electrons. The second-order valence-corrected chi connectivity index (χ2v) is 9.49. The summed E-state index contributed by atoms with van der Waals surface area (Å²) in [4.78, 5) is 16.7. The summed E-state index contributed by atoms with van der Waals surface area (Å²) < 4.78 is 27.1. The Morgan fingerprint density at radius 2 is 1.89 bits per heavy atom. The van der Waals surface area contributed by atoms with E-state index in [-0.39, 0.29) is 17.3 Å². The molecule has 6 nitrogen and oxygen atoms in total. The van der Waals surface area contributed by atoms with E-state index in [9.17, 15) is 13.2 Å². The molecule has 0 atom stereocenters. The molecule has 0 aliphatic rings. The number of aromatic nitrogens is 1. The summed E-state index contributed by atoms with van der Waals surface area (Å²) in [7, 11) is -2.37. The van der Waals surface area contributed by atoms with Crippen LogP contribution in [0.15, 0.2) is 53.4 Å². The Labute approximate surface area is 166 Å². The number of nitrogens with one attached hydrogen (secondary N) is 1. The van der Waals surface area contributed by atoms with E-state index < -0.39 is 10.0 Å². The van der Waals surface area contributed by atoms with Crippen LogP contribution in [0.5, 0.6) is 0 Å². The van der Waals surface area contributed by atoms with Crippen molar-refractivity contribution in [3.8, 4) is 0 Å². The van der Waals surface area contributed by atoms with Gasteiger partial charge in [0.15, 0.2) is 0 Å². The van der Waals surface area contributed by atoms with Gasteiger partial charge in [0.2, 0.25) is 15.9 Å². The predicted octanol–water partition coefficient (Wildman–Crippen LogP) is 2.93. The van der Waals surface area contributed by atoms with Gasteiger partial charge in [-0.05, 0) is 36.4 Å². The van der Waals surface area contributed by atoms with E-state index in [1.807, 2.05) is 24.3 Å². The number of fused-ring (bicyclic) bond motifs is 1. The monoisotopic (exact) mass is 423 g/mol. The van der Waals surface area contributed by atoms with Crippen LogP contribution in [-0.4, -0.2) is 43.8 Å². The van der Waals surface area contributed by atoms with Crippen molar-refractivity contribution in [2.45, 2.75) is 11.3 Å². The molecule has 0 radical (unpaired) electrons. The first kappa shape index (κ1) is 19.8. The highest BCUT2D eigenvalue weighted by atomic mass is 35.5. The fraction of sp³-hybridized carbons (Fsp3) is 0.222. The molecule has 3 aromatic rings. The molecule has 0 saturated heterocycles. The van der Waals surface area contributed by atoms with E-state index in [0.717, 1.165) is 19.5 Å². The number of para-hydroxylation sites is 1. The van der Waals surface area contributed by atoms with E-state index in [4.69, 9.17) is 11.6 Å². The summed E-state index contributed by atoms with van der Waals surface area (Å²) in [6.45, 7) is 0.137. The van der Waals surface area contributed by atoms with Crippen LogP contribution in [0, 0.1) is 0 Å². The Morgan fingerprint density at radius 3 is 2.59 bits per heavy atom. The van der Waals surface area contributed by atoms with Gasteiger partial charge in [-0.1, -0.05) is 23.7 Å². The minimum atomic E-state index is -3.74. The average molecular weight is 424 g/mol. The number of carbonyl (C=O) groups excluding carboxylic acids is 1. The van der Waals surface area contributed by atoms with Gasteiger partial charge in [0.1, 0.15) is 0 Å². The van der Waals surface area contributed by atoms with Crippen molar-refractivity contribution in [2.75, 3.05) is 20.1 Å². The first-order chi connectivity index (χ1) is 12.9. The van der Waals surface area contributed by atoms with E-state index >= 15 is 0 Å². The first-order valence-corrected chi connectivity index (χ1v) is 10.8. The molecule has 2 aromatic carbocycles. The molecule has 3 rings (SSSR count). The third-order valence-corrected chi connectivity index (χ3v) is 7.05. The minimum Gasteiger partial charge on any atom is -0.355 e. The zero-order valence-electron chi connectivity index (χ0n) is 14.6. The number of sulfonamides is 1. The van der Waals surface area contributed by atoms with Gasteiger partial charge >= 0.3 is 0 Å². The molecule has 9 heteroatoms. The Morgan fingerprint density at radius 1 is 1.19 bits per heavy atom. The van der Waals surface area contributed by atoms with Crippen LogP contribution >= 0.6 is 22.9 Å². The van der Waals surface area contributed by atoms with E-state index in [0.29, 0.717) is 18.0 Å². The molecular weight excluding hydrogens is 406 g/mol. The van der Waals surface area contributed by atoms with Crippen molar-refractivity contribution in [3.05, 3.63) is 58.6 Å². The number of carbonyl (C=O) groups is 1. The van der Waals surface area contributed by atoms with E-state index in [2.05, 4.69) is 10.3 Å². The SMILES string of the molecule is CN(CC(=O)NCCc1nc2ccccc2s1)S(=O)(=O)c1ccc(Cl)cc1. The van der Waals surface area contributed by atoms with Crippen molar-refractivity contribution in [1.82, 2.24) is 14.6 Å². The maximum absolute atomic E-state index is 12.5. The second kappa shape index (κ2) is 8.35. The molecule has 1 aromatic heterocycles. The van der Waals surface area contributed by atoms with Gasteiger partial charge in [-0.3, -0.25) is 4.79 Å². The van der Waals surface area contributed by atoms with Crippen molar-refractivity contribution in [2.24, 2.45) is 0 Å². The Hall–Kier alpha value is -2.00. The quantitative estimate of drug-likeness (QED) is 0.633. The molecule has 1 amide bonds. The number of thiazole rings is 1. The highest BCUT2D eigenvalue weighted by Gasteiger charge is 2.22. The number of benzene rings is 2. The Balaban J connectivity index is 1.53. The third kappa shape index (κ3) is 4.84. The zero-order chi connectivity index (χ0) is 19.4. The fourth-order valence-corrected chi connectivity index (χ4v) is 4.69. The maximum atomic E-state index is 12.5. The minimum absolute atomic E-state index is 0.0941. The average Bonchev–Trinajstić information content (AvgIpc) is 3.04. The fourth-order valence-electron chi connectivity index (χ4n) is 2.47. The third-order valence-electron chi connectivity index (χ3n) is 3.89. The zero-order valence-corrected chi connectivity index (χ0v) is 16.9. The van der Waals surface area contributed by atoms with Crippen LogP contribution in [0.3, 0.4) is 0 Å². The van der Waals surface area contributed by atoms with E-state index in [1.165, 1.54) is 31.3 Å². The number of hydrogen-bond acceptors (Lipinski definition) is 5. The molecule has 1 heterocycles. The largest absolute Gasteiger partial charge is 0.355 e. The van der Waals surface area contributed by atoms with Crippen molar-refractivity contribution in [3.63, 3.8) is 0 Å². The van der Waals surface area contributed by atoms with Gasteiger partial charge in [-0.25, -0.2) is 13.4 Å². The summed E-state index contributed by atoms with van der Waals surface area (Å²) in [5.41, 5.74) is 0.942. The molecule has 0 bridgehead atoms. The number of halogens is 1. The van der Waals surface area contributed by atoms with Crippen LogP contribution in [0.4, 0.5) is 0 Å². The highest BCUT2D eigenvalue weighted by Crippen LogP contribution is 2.21. The lowest BCUT2D eigenvalue weighted by atomic mass is 10.3. The van der Waals surface area contributed by atoms with Crippen molar-refractivity contribution >= 4 is 49.1 Å².